The molecule has 1 atom stereocenters. The number of piperazine rings is 1. The quantitative estimate of drug-likeness (QED) is 0.834. The van der Waals surface area contributed by atoms with Gasteiger partial charge in [0.05, 0.1) is 0 Å². The summed E-state index contributed by atoms with van der Waals surface area (Å²) in [5.74, 6) is 1.30. The number of carbonyl (C=O) groups excluding carboxylic acids is 1. The minimum absolute atomic E-state index is 0.0271. The van der Waals surface area contributed by atoms with Crippen molar-refractivity contribution in [3.63, 3.8) is 0 Å². The zero-order chi connectivity index (χ0) is 17.4. The molecule has 4 rings (SSSR count). The van der Waals surface area contributed by atoms with Gasteiger partial charge in [-0.05, 0) is 31.4 Å². The molecule has 1 saturated heterocycles. The third-order valence-corrected chi connectivity index (χ3v) is 5.58. The summed E-state index contributed by atoms with van der Waals surface area (Å²) in [7, 11) is 0. The molecule has 1 saturated carbocycles. The number of amides is 1. The van der Waals surface area contributed by atoms with E-state index in [0.29, 0.717) is 24.7 Å². The largest absolute Gasteiger partial charge is 0.360 e. The average Bonchev–Trinajstić information content (AvgIpc) is 3.38. The van der Waals surface area contributed by atoms with E-state index in [1.807, 2.05) is 29.2 Å². The molecule has 5 nitrogen and oxygen atoms in total. The normalized spacial score (nSPS) is 19.8. The molecular formula is C19H22ClN3O2. The lowest BCUT2D eigenvalue weighted by atomic mass is 10.1. The van der Waals surface area contributed by atoms with Gasteiger partial charge in [0.25, 0.3) is 5.91 Å². The summed E-state index contributed by atoms with van der Waals surface area (Å²) in [6.45, 7) is 5.20. The van der Waals surface area contributed by atoms with Crippen molar-refractivity contribution in [2.24, 2.45) is 0 Å². The van der Waals surface area contributed by atoms with Crippen LogP contribution in [-0.2, 0) is 0 Å². The monoisotopic (exact) mass is 359 g/mol. The number of halogens is 1. The molecule has 1 aromatic carbocycles. The smallest absolute Gasteiger partial charge is 0.276 e. The predicted octanol–water partition coefficient (Wildman–Crippen LogP) is 3.72. The molecule has 0 spiro atoms. The van der Waals surface area contributed by atoms with Gasteiger partial charge >= 0.3 is 0 Å². The van der Waals surface area contributed by atoms with Crippen molar-refractivity contribution in [1.82, 2.24) is 15.0 Å². The first kappa shape index (κ1) is 16.6. The van der Waals surface area contributed by atoms with Crippen LogP contribution >= 0.6 is 11.6 Å². The van der Waals surface area contributed by atoms with E-state index in [4.69, 9.17) is 16.1 Å². The molecule has 2 aliphatic rings. The van der Waals surface area contributed by atoms with Gasteiger partial charge in [-0.2, -0.15) is 0 Å². The molecule has 1 aliphatic heterocycles. The van der Waals surface area contributed by atoms with Gasteiger partial charge in [0.15, 0.2) is 5.69 Å². The molecule has 2 aromatic rings. The van der Waals surface area contributed by atoms with Crippen molar-refractivity contribution >= 4 is 17.5 Å². The molecule has 0 radical (unpaired) electrons. The second-order valence-corrected chi connectivity index (χ2v) is 7.32. The Kier molecular flexibility index (Phi) is 4.52. The van der Waals surface area contributed by atoms with Gasteiger partial charge in [0, 0.05) is 49.2 Å². The van der Waals surface area contributed by atoms with E-state index in [1.165, 1.54) is 0 Å². The van der Waals surface area contributed by atoms with Crippen molar-refractivity contribution in [3.8, 4) is 0 Å². The Bertz CT molecular complexity index is 764. The van der Waals surface area contributed by atoms with Crippen LogP contribution in [0.5, 0.6) is 0 Å². The lowest BCUT2D eigenvalue weighted by Crippen LogP contribution is -2.49. The number of nitrogens with zero attached hydrogens (tertiary/aromatic N) is 3. The summed E-state index contributed by atoms with van der Waals surface area (Å²) in [5.41, 5.74) is 1.57. The van der Waals surface area contributed by atoms with E-state index in [1.54, 1.807) is 0 Å². The first-order chi connectivity index (χ1) is 12.1. The van der Waals surface area contributed by atoms with Crippen molar-refractivity contribution in [3.05, 3.63) is 52.4 Å². The van der Waals surface area contributed by atoms with E-state index in [9.17, 15) is 4.79 Å². The van der Waals surface area contributed by atoms with Gasteiger partial charge < -0.3 is 9.42 Å². The highest BCUT2D eigenvalue weighted by molar-refractivity contribution is 6.31. The summed E-state index contributed by atoms with van der Waals surface area (Å²) in [6, 6.07) is 10.0. The van der Waals surface area contributed by atoms with Crippen LogP contribution in [0.1, 0.15) is 53.5 Å². The molecule has 132 valence electrons. The Morgan fingerprint density at radius 1 is 1.24 bits per heavy atom. The van der Waals surface area contributed by atoms with E-state index in [-0.39, 0.29) is 11.9 Å². The zero-order valence-electron chi connectivity index (χ0n) is 14.3. The topological polar surface area (TPSA) is 49.6 Å². The Morgan fingerprint density at radius 3 is 2.64 bits per heavy atom. The number of hydrogen-bond donors (Lipinski definition) is 0. The standard InChI is InChI=1S/C19H22ClN3O2/c1-13(15-4-2-3-5-16(15)20)22-8-10-23(11-9-22)19(24)17-12-18(25-21-17)14-6-7-14/h2-5,12-14H,6-11H2,1H3. The highest BCUT2D eigenvalue weighted by atomic mass is 35.5. The summed E-state index contributed by atoms with van der Waals surface area (Å²) >= 11 is 6.32. The van der Waals surface area contributed by atoms with Gasteiger partial charge in [-0.3, -0.25) is 9.69 Å². The molecule has 25 heavy (non-hydrogen) atoms. The SMILES string of the molecule is CC(c1ccccc1Cl)N1CCN(C(=O)c2cc(C3CC3)on2)CC1. The van der Waals surface area contributed by atoms with E-state index in [2.05, 4.69) is 23.0 Å². The summed E-state index contributed by atoms with van der Waals surface area (Å²) in [5, 5.41) is 4.76. The number of hydrogen-bond acceptors (Lipinski definition) is 4. The maximum atomic E-state index is 12.6. The minimum Gasteiger partial charge on any atom is -0.360 e. The molecule has 6 heteroatoms. The number of carbonyl (C=O) groups is 1. The molecule has 2 heterocycles. The van der Waals surface area contributed by atoms with Gasteiger partial charge in [-0.15, -0.1) is 0 Å². The van der Waals surface area contributed by atoms with Crippen LogP contribution < -0.4 is 0 Å². The molecule has 0 N–H and O–H groups in total. The van der Waals surface area contributed by atoms with E-state index >= 15 is 0 Å². The van der Waals surface area contributed by atoms with Crippen molar-refractivity contribution in [2.45, 2.75) is 31.7 Å². The lowest BCUT2D eigenvalue weighted by Gasteiger charge is -2.38. The fourth-order valence-corrected chi connectivity index (χ4v) is 3.73. The Morgan fingerprint density at radius 2 is 1.96 bits per heavy atom. The van der Waals surface area contributed by atoms with Gasteiger partial charge in [0.2, 0.25) is 0 Å². The van der Waals surface area contributed by atoms with E-state index in [0.717, 1.165) is 42.3 Å². The molecule has 1 aromatic heterocycles. The lowest BCUT2D eigenvalue weighted by molar-refractivity contribution is 0.0572. The highest BCUT2D eigenvalue weighted by Gasteiger charge is 2.31. The predicted molar refractivity (Wildman–Crippen MR) is 95.8 cm³/mol. The fraction of sp³-hybridized carbons (Fsp3) is 0.474. The summed E-state index contributed by atoms with van der Waals surface area (Å²) < 4.78 is 5.31. The first-order valence-corrected chi connectivity index (χ1v) is 9.25. The van der Waals surface area contributed by atoms with Crippen molar-refractivity contribution < 1.29 is 9.32 Å². The first-order valence-electron chi connectivity index (χ1n) is 8.88. The van der Waals surface area contributed by atoms with Crippen LogP contribution in [-0.4, -0.2) is 47.0 Å². The summed E-state index contributed by atoms with van der Waals surface area (Å²) in [6.07, 6.45) is 2.28. The van der Waals surface area contributed by atoms with Crippen LogP contribution in [0, 0.1) is 0 Å². The number of aromatic nitrogens is 1. The second kappa shape index (κ2) is 6.81. The van der Waals surface area contributed by atoms with Crippen molar-refractivity contribution in [1.29, 1.82) is 0 Å². The van der Waals surface area contributed by atoms with Crippen LogP contribution in [0.25, 0.3) is 0 Å². The van der Waals surface area contributed by atoms with Gasteiger partial charge in [-0.1, -0.05) is 35.0 Å². The summed E-state index contributed by atoms with van der Waals surface area (Å²) in [4.78, 5) is 16.9. The molecule has 2 fully saturated rings. The Labute approximate surface area is 152 Å². The van der Waals surface area contributed by atoms with Crippen LogP contribution in [0.3, 0.4) is 0 Å². The highest BCUT2D eigenvalue weighted by Crippen LogP contribution is 2.40. The molecule has 1 aliphatic carbocycles. The fourth-order valence-electron chi connectivity index (χ4n) is 3.44. The third-order valence-electron chi connectivity index (χ3n) is 5.23. The molecule has 1 unspecified atom stereocenters. The van der Waals surface area contributed by atoms with Gasteiger partial charge in [-0.25, -0.2) is 0 Å². The van der Waals surface area contributed by atoms with E-state index < -0.39 is 0 Å². The van der Waals surface area contributed by atoms with Gasteiger partial charge in [0.1, 0.15) is 5.76 Å². The Balaban J connectivity index is 1.37. The molecular weight excluding hydrogens is 338 g/mol. The number of rotatable bonds is 4. The van der Waals surface area contributed by atoms with Crippen LogP contribution in [0.2, 0.25) is 5.02 Å². The molecule has 1 amide bonds. The Hall–Kier alpha value is -1.85. The average molecular weight is 360 g/mol. The van der Waals surface area contributed by atoms with Crippen molar-refractivity contribution in [2.75, 3.05) is 26.2 Å². The second-order valence-electron chi connectivity index (χ2n) is 6.91. The maximum absolute atomic E-state index is 12.6. The third kappa shape index (κ3) is 3.44. The van der Waals surface area contributed by atoms with Crippen LogP contribution in [0.15, 0.2) is 34.9 Å². The molecule has 0 bridgehead atoms. The zero-order valence-corrected chi connectivity index (χ0v) is 15.1. The van der Waals surface area contributed by atoms with Crippen LogP contribution in [0.4, 0.5) is 0 Å². The number of benzene rings is 1. The minimum atomic E-state index is -0.0271. The maximum Gasteiger partial charge on any atom is 0.276 e.